The first-order chi connectivity index (χ1) is 8.17. The normalized spacial score (nSPS) is 34.5. The van der Waals surface area contributed by atoms with Crippen molar-refractivity contribution in [1.82, 2.24) is 15.1 Å². The van der Waals surface area contributed by atoms with Crippen LogP contribution in [0.4, 0.5) is 4.79 Å². The Kier molecular flexibility index (Phi) is 3.92. The summed E-state index contributed by atoms with van der Waals surface area (Å²) in [5.41, 5.74) is 0. The second-order valence-electron chi connectivity index (χ2n) is 5.40. The van der Waals surface area contributed by atoms with Gasteiger partial charge in [-0.2, -0.15) is 0 Å². The highest BCUT2D eigenvalue weighted by Crippen LogP contribution is 2.28. The quantitative estimate of drug-likeness (QED) is 0.813. The van der Waals surface area contributed by atoms with Crippen molar-refractivity contribution in [2.45, 2.75) is 57.2 Å². The predicted octanol–water partition coefficient (Wildman–Crippen LogP) is 1.66. The summed E-state index contributed by atoms with van der Waals surface area (Å²) < 4.78 is 0. The standard InChI is InChI=1S/C13H25N3O/c1-4-11-9-16(13(17)15(11)3)12-7-5-10(14-2)6-8-12/h10-12,14H,4-9H2,1-3H3. The van der Waals surface area contributed by atoms with E-state index in [0.717, 1.165) is 25.8 Å². The van der Waals surface area contributed by atoms with Crippen molar-refractivity contribution in [1.29, 1.82) is 0 Å². The molecule has 1 aliphatic heterocycles. The molecule has 0 aromatic rings. The number of nitrogens with zero attached hydrogens (tertiary/aromatic N) is 2. The van der Waals surface area contributed by atoms with Gasteiger partial charge in [0.25, 0.3) is 0 Å². The van der Waals surface area contributed by atoms with Crippen molar-refractivity contribution >= 4 is 6.03 Å². The highest BCUT2D eigenvalue weighted by molar-refractivity contribution is 5.77. The first-order valence-corrected chi connectivity index (χ1v) is 6.88. The fraction of sp³-hybridized carbons (Fsp3) is 0.923. The molecule has 0 aromatic carbocycles. The zero-order chi connectivity index (χ0) is 12.4. The smallest absolute Gasteiger partial charge is 0.320 e. The van der Waals surface area contributed by atoms with Gasteiger partial charge in [-0.05, 0) is 39.2 Å². The maximum Gasteiger partial charge on any atom is 0.320 e. The van der Waals surface area contributed by atoms with E-state index in [-0.39, 0.29) is 6.03 Å². The van der Waals surface area contributed by atoms with E-state index in [2.05, 4.69) is 17.1 Å². The van der Waals surface area contributed by atoms with Crippen molar-refractivity contribution in [2.24, 2.45) is 0 Å². The Hall–Kier alpha value is -0.770. The Balaban J connectivity index is 1.93. The molecule has 1 heterocycles. The number of rotatable bonds is 3. The Labute approximate surface area is 104 Å². The minimum Gasteiger partial charge on any atom is -0.323 e. The fourth-order valence-electron chi connectivity index (χ4n) is 3.17. The Bertz CT molecular complexity index is 274. The first-order valence-electron chi connectivity index (χ1n) is 6.88. The van der Waals surface area contributed by atoms with Gasteiger partial charge in [-0.15, -0.1) is 0 Å². The number of urea groups is 1. The maximum absolute atomic E-state index is 12.2. The van der Waals surface area contributed by atoms with Crippen LogP contribution in [0.2, 0.25) is 0 Å². The summed E-state index contributed by atoms with van der Waals surface area (Å²) in [6.45, 7) is 3.09. The third-order valence-corrected chi connectivity index (χ3v) is 4.52. The number of hydrogen-bond donors (Lipinski definition) is 1. The summed E-state index contributed by atoms with van der Waals surface area (Å²) in [6, 6.07) is 1.80. The van der Waals surface area contributed by atoms with E-state index in [1.807, 2.05) is 19.0 Å². The SMILES string of the molecule is CCC1CN(C2CCC(NC)CC2)C(=O)N1C. The lowest BCUT2D eigenvalue weighted by molar-refractivity contribution is 0.161. The molecule has 0 aromatic heterocycles. The van der Waals surface area contributed by atoms with Crippen LogP contribution in [0.5, 0.6) is 0 Å². The lowest BCUT2D eigenvalue weighted by Crippen LogP contribution is -2.43. The minimum absolute atomic E-state index is 0.241. The van der Waals surface area contributed by atoms with Gasteiger partial charge in [-0.25, -0.2) is 4.79 Å². The molecular weight excluding hydrogens is 214 g/mol. The molecule has 2 fully saturated rings. The molecule has 4 nitrogen and oxygen atoms in total. The monoisotopic (exact) mass is 239 g/mol. The molecule has 1 saturated carbocycles. The van der Waals surface area contributed by atoms with Crippen molar-refractivity contribution in [2.75, 3.05) is 20.6 Å². The molecule has 98 valence electrons. The molecular formula is C13H25N3O. The van der Waals surface area contributed by atoms with Crippen molar-refractivity contribution in [3.05, 3.63) is 0 Å². The number of carbonyl (C=O) groups is 1. The Morgan fingerprint density at radius 1 is 1.29 bits per heavy atom. The average molecular weight is 239 g/mol. The van der Waals surface area contributed by atoms with Crippen LogP contribution in [0.15, 0.2) is 0 Å². The topological polar surface area (TPSA) is 35.6 Å². The van der Waals surface area contributed by atoms with Crippen LogP contribution >= 0.6 is 0 Å². The van der Waals surface area contributed by atoms with Gasteiger partial charge in [0, 0.05) is 25.7 Å². The largest absolute Gasteiger partial charge is 0.323 e. The zero-order valence-corrected chi connectivity index (χ0v) is 11.3. The lowest BCUT2D eigenvalue weighted by atomic mass is 9.90. The first kappa shape index (κ1) is 12.7. The molecule has 0 bridgehead atoms. The highest BCUT2D eigenvalue weighted by Gasteiger charge is 2.38. The van der Waals surface area contributed by atoms with Crippen LogP contribution in [-0.4, -0.2) is 54.6 Å². The second kappa shape index (κ2) is 5.25. The maximum atomic E-state index is 12.2. The number of nitrogens with one attached hydrogen (secondary N) is 1. The van der Waals surface area contributed by atoms with E-state index in [9.17, 15) is 4.79 Å². The van der Waals surface area contributed by atoms with E-state index in [0.29, 0.717) is 18.1 Å². The van der Waals surface area contributed by atoms with Gasteiger partial charge in [-0.3, -0.25) is 0 Å². The summed E-state index contributed by atoms with van der Waals surface area (Å²) in [5, 5.41) is 3.34. The van der Waals surface area contributed by atoms with Crippen molar-refractivity contribution in [3.63, 3.8) is 0 Å². The molecule has 2 aliphatic rings. The highest BCUT2D eigenvalue weighted by atomic mass is 16.2. The molecule has 17 heavy (non-hydrogen) atoms. The summed E-state index contributed by atoms with van der Waals surface area (Å²) in [6.07, 6.45) is 5.77. The van der Waals surface area contributed by atoms with Gasteiger partial charge in [0.1, 0.15) is 0 Å². The van der Waals surface area contributed by atoms with E-state index < -0.39 is 0 Å². The summed E-state index contributed by atoms with van der Waals surface area (Å²) in [5.74, 6) is 0. The molecule has 1 aliphatic carbocycles. The molecule has 0 radical (unpaired) electrons. The zero-order valence-electron chi connectivity index (χ0n) is 11.3. The molecule has 1 N–H and O–H groups in total. The van der Waals surface area contributed by atoms with Crippen molar-refractivity contribution < 1.29 is 4.79 Å². The van der Waals surface area contributed by atoms with Gasteiger partial charge in [0.05, 0.1) is 6.04 Å². The predicted molar refractivity (Wildman–Crippen MR) is 69.0 cm³/mol. The van der Waals surface area contributed by atoms with Gasteiger partial charge < -0.3 is 15.1 Å². The third kappa shape index (κ3) is 2.41. The molecule has 2 rings (SSSR count). The van der Waals surface area contributed by atoms with E-state index in [1.54, 1.807) is 0 Å². The number of amides is 2. The molecule has 1 unspecified atom stereocenters. The average Bonchev–Trinajstić information content (AvgIpc) is 2.66. The molecule has 0 spiro atoms. The van der Waals surface area contributed by atoms with Gasteiger partial charge in [-0.1, -0.05) is 6.92 Å². The van der Waals surface area contributed by atoms with E-state index >= 15 is 0 Å². The molecule has 1 atom stereocenters. The number of carbonyl (C=O) groups excluding carboxylic acids is 1. The van der Waals surface area contributed by atoms with Crippen LogP contribution in [0, 0.1) is 0 Å². The van der Waals surface area contributed by atoms with E-state index in [1.165, 1.54) is 12.8 Å². The van der Waals surface area contributed by atoms with Crippen LogP contribution in [0.25, 0.3) is 0 Å². The minimum atomic E-state index is 0.241. The van der Waals surface area contributed by atoms with Crippen molar-refractivity contribution in [3.8, 4) is 0 Å². The number of likely N-dealkylation sites (N-methyl/N-ethyl adjacent to an activating group) is 1. The number of hydrogen-bond acceptors (Lipinski definition) is 2. The second-order valence-corrected chi connectivity index (χ2v) is 5.40. The Morgan fingerprint density at radius 2 is 1.94 bits per heavy atom. The summed E-state index contributed by atoms with van der Waals surface area (Å²) in [4.78, 5) is 16.2. The van der Waals surface area contributed by atoms with Crippen LogP contribution in [0.3, 0.4) is 0 Å². The third-order valence-electron chi connectivity index (χ3n) is 4.52. The molecule has 1 saturated heterocycles. The lowest BCUT2D eigenvalue weighted by Gasteiger charge is -2.34. The van der Waals surface area contributed by atoms with Crippen LogP contribution in [0.1, 0.15) is 39.0 Å². The Morgan fingerprint density at radius 3 is 2.41 bits per heavy atom. The van der Waals surface area contributed by atoms with Gasteiger partial charge in [0.2, 0.25) is 0 Å². The summed E-state index contributed by atoms with van der Waals surface area (Å²) in [7, 11) is 3.97. The van der Waals surface area contributed by atoms with Crippen LogP contribution < -0.4 is 5.32 Å². The van der Waals surface area contributed by atoms with E-state index in [4.69, 9.17) is 0 Å². The molecule has 2 amide bonds. The summed E-state index contributed by atoms with van der Waals surface area (Å²) >= 11 is 0. The molecule has 4 heteroatoms. The fourth-order valence-corrected chi connectivity index (χ4v) is 3.17. The van der Waals surface area contributed by atoms with Gasteiger partial charge >= 0.3 is 6.03 Å². The van der Waals surface area contributed by atoms with Gasteiger partial charge in [0.15, 0.2) is 0 Å². The van der Waals surface area contributed by atoms with Crippen LogP contribution in [-0.2, 0) is 0 Å².